The Bertz CT molecular complexity index is 2500. The highest BCUT2D eigenvalue weighted by Crippen LogP contribution is 2.43. The molecule has 0 fully saturated rings. The molecule has 0 saturated heterocycles. The quantitative estimate of drug-likeness (QED) is 0.0895. The highest BCUT2D eigenvalue weighted by molar-refractivity contribution is 7.86. The predicted octanol–water partition coefficient (Wildman–Crippen LogP) is 6.23. The summed E-state index contributed by atoms with van der Waals surface area (Å²) < 4.78 is 98.8. The van der Waals surface area contributed by atoms with Crippen LogP contribution in [0.2, 0.25) is 0 Å². The Hall–Kier alpha value is -5.18. The lowest BCUT2D eigenvalue weighted by atomic mass is 10.1. The van der Waals surface area contributed by atoms with E-state index < -0.39 is 51.8 Å². The first-order valence-corrected chi connectivity index (χ1v) is 17.2. The molecule has 0 bridgehead atoms. The van der Waals surface area contributed by atoms with Gasteiger partial charge >= 0.3 is 0 Å². The Morgan fingerprint density at radius 2 is 1.13 bits per heavy atom. The first-order valence-electron chi connectivity index (χ1n) is 12.9. The maximum atomic E-state index is 12.0. The Morgan fingerprint density at radius 3 is 1.72 bits per heavy atom. The van der Waals surface area contributed by atoms with Gasteiger partial charge in [0.1, 0.15) is 10.6 Å². The van der Waals surface area contributed by atoms with Gasteiger partial charge in [-0.1, -0.05) is 12.1 Å². The number of carbonyl (C=O) groups is 1. The molecule has 0 heterocycles. The standard InChI is InChI=1S/C28H21N5O11S3/c1-15(34)29-24-12-13-26(47(42,43)44)20-8-9-25(28(35)27(20)24)33-32-23-11-10-22(19-7-6-18(14-21(19)23)46(39,40)41)31-30-16-2-4-17(5-3-16)45(36,37)38/h2-14,35H,1H3,(H,29,34)(H,36,37,38)(H,39,40,41)(H,42,43,44). The number of anilines is 1. The Labute approximate surface area is 266 Å². The molecule has 0 radical (unpaired) electrons. The maximum absolute atomic E-state index is 12.0. The maximum Gasteiger partial charge on any atom is 0.295 e. The largest absolute Gasteiger partial charge is 0.505 e. The third-order valence-corrected chi connectivity index (χ3v) is 9.22. The van der Waals surface area contributed by atoms with Crippen molar-refractivity contribution in [2.24, 2.45) is 20.5 Å². The Kier molecular flexibility index (Phi) is 8.62. The number of azo groups is 2. The van der Waals surface area contributed by atoms with Crippen LogP contribution in [-0.2, 0) is 35.1 Å². The molecule has 0 saturated carbocycles. The second-order valence-electron chi connectivity index (χ2n) is 9.78. The average molecular weight is 700 g/mol. The second-order valence-corrected chi connectivity index (χ2v) is 14.0. The monoisotopic (exact) mass is 699 g/mol. The van der Waals surface area contributed by atoms with Gasteiger partial charge in [-0.15, -0.1) is 15.3 Å². The van der Waals surface area contributed by atoms with Gasteiger partial charge in [0.15, 0.2) is 5.75 Å². The minimum Gasteiger partial charge on any atom is -0.505 e. The molecule has 0 aromatic heterocycles. The molecule has 5 aromatic carbocycles. The molecule has 0 unspecified atom stereocenters. The minimum atomic E-state index is -4.73. The molecule has 16 nitrogen and oxygen atoms in total. The molecule has 5 aromatic rings. The van der Waals surface area contributed by atoms with Gasteiger partial charge in [0.05, 0.1) is 37.9 Å². The molecular formula is C28H21N5O11S3. The summed E-state index contributed by atoms with van der Waals surface area (Å²) >= 11 is 0. The van der Waals surface area contributed by atoms with Gasteiger partial charge in [-0.2, -0.15) is 30.4 Å². The zero-order valence-corrected chi connectivity index (χ0v) is 26.1. The van der Waals surface area contributed by atoms with Crippen LogP contribution in [0.5, 0.6) is 5.75 Å². The third-order valence-electron chi connectivity index (χ3n) is 6.59. The van der Waals surface area contributed by atoms with Gasteiger partial charge in [0.25, 0.3) is 30.4 Å². The lowest BCUT2D eigenvalue weighted by Crippen LogP contribution is -2.07. The summed E-state index contributed by atoms with van der Waals surface area (Å²) in [5.74, 6) is -1.14. The highest BCUT2D eigenvalue weighted by atomic mass is 32.2. The van der Waals surface area contributed by atoms with E-state index in [1.807, 2.05) is 0 Å². The van der Waals surface area contributed by atoms with Crippen LogP contribution in [0.4, 0.5) is 28.4 Å². The van der Waals surface area contributed by atoms with Crippen molar-refractivity contribution in [3.63, 3.8) is 0 Å². The van der Waals surface area contributed by atoms with Crippen LogP contribution in [0.15, 0.2) is 114 Å². The molecule has 0 spiro atoms. The van der Waals surface area contributed by atoms with Crippen LogP contribution in [0.1, 0.15) is 6.92 Å². The molecule has 242 valence electrons. The van der Waals surface area contributed by atoms with E-state index in [1.54, 1.807) is 0 Å². The minimum absolute atomic E-state index is 0.0139. The van der Waals surface area contributed by atoms with Crippen molar-refractivity contribution in [3.05, 3.63) is 78.9 Å². The molecule has 47 heavy (non-hydrogen) atoms. The van der Waals surface area contributed by atoms with Crippen molar-refractivity contribution in [1.29, 1.82) is 0 Å². The van der Waals surface area contributed by atoms with Gasteiger partial charge in [-0.05, 0) is 66.7 Å². The van der Waals surface area contributed by atoms with Crippen molar-refractivity contribution < 1.29 is 48.8 Å². The summed E-state index contributed by atoms with van der Waals surface area (Å²) in [6.07, 6.45) is 0. The molecule has 0 atom stereocenters. The number of aromatic hydroxyl groups is 1. The number of carbonyl (C=O) groups excluding carboxylic acids is 1. The molecular weight excluding hydrogens is 679 g/mol. The topological polar surface area (TPSA) is 262 Å². The SMILES string of the molecule is CC(=O)Nc1ccc(S(=O)(=O)O)c2ccc(N=Nc3ccc(N=Nc4ccc(S(=O)(=O)O)cc4)c4ccc(S(=O)(=O)O)cc34)c(O)c12. The van der Waals surface area contributed by atoms with Crippen LogP contribution in [-0.4, -0.2) is 49.9 Å². The van der Waals surface area contributed by atoms with E-state index in [0.29, 0.717) is 5.39 Å². The highest BCUT2D eigenvalue weighted by Gasteiger charge is 2.21. The molecule has 0 aliphatic heterocycles. The fourth-order valence-electron chi connectivity index (χ4n) is 4.52. The summed E-state index contributed by atoms with van der Waals surface area (Å²) in [5.41, 5.74) is 0.264. The van der Waals surface area contributed by atoms with E-state index >= 15 is 0 Å². The summed E-state index contributed by atoms with van der Waals surface area (Å²) in [4.78, 5) is 10.4. The van der Waals surface area contributed by atoms with Crippen LogP contribution in [0.3, 0.4) is 0 Å². The number of benzene rings is 5. The number of amides is 1. The molecule has 0 aliphatic rings. The normalized spacial score (nSPS) is 12.8. The second kappa shape index (κ2) is 12.2. The summed E-state index contributed by atoms with van der Waals surface area (Å²) in [6.45, 7) is 1.19. The van der Waals surface area contributed by atoms with E-state index in [0.717, 1.165) is 30.3 Å². The number of phenolic OH excluding ortho intramolecular Hbond substituents is 1. The van der Waals surface area contributed by atoms with Gasteiger partial charge in [0.2, 0.25) is 5.91 Å². The van der Waals surface area contributed by atoms with Gasteiger partial charge in [-0.3, -0.25) is 18.5 Å². The van der Waals surface area contributed by atoms with Crippen molar-refractivity contribution in [2.45, 2.75) is 21.6 Å². The van der Waals surface area contributed by atoms with Gasteiger partial charge < -0.3 is 10.4 Å². The van der Waals surface area contributed by atoms with E-state index in [2.05, 4.69) is 25.8 Å². The fraction of sp³-hybridized carbons (Fsp3) is 0.0357. The number of nitrogens with zero attached hydrogens (tertiary/aromatic N) is 4. The van der Waals surface area contributed by atoms with Crippen molar-refractivity contribution in [3.8, 4) is 5.75 Å². The van der Waals surface area contributed by atoms with E-state index in [1.165, 1.54) is 55.5 Å². The number of fused-ring (bicyclic) bond motifs is 2. The van der Waals surface area contributed by atoms with Crippen molar-refractivity contribution in [1.82, 2.24) is 0 Å². The zero-order chi connectivity index (χ0) is 34.3. The number of nitrogens with one attached hydrogen (secondary N) is 1. The molecule has 1 amide bonds. The smallest absolute Gasteiger partial charge is 0.295 e. The van der Waals surface area contributed by atoms with Crippen molar-refractivity contribution in [2.75, 3.05) is 5.32 Å². The zero-order valence-electron chi connectivity index (χ0n) is 23.7. The third kappa shape index (κ3) is 7.14. The van der Waals surface area contributed by atoms with E-state index in [9.17, 15) is 44.3 Å². The molecule has 5 rings (SSSR count). The fourth-order valence-corrected chi connectivity index (χ4v) is 6.20. The summed E-state index contributed by atoms with van der Waals surface area (Å²) in [6, 6.07) is 15.9. The predicted molar refractivity (Wildman–Crippen MR) is 168 cm³/mol. The number of hydrogen-bond donors (Lipinski definition) is 5. The first-order chi connectivity index (χ1) is 21.9. The van der Waals surface area contributed by atoms with Crippen LogP contribution < -0.4 is 5.32 Å². The Balaban J connectivity index is 1.63. The number of phenols is 1. The van der Waals surface area contributed by atoms with E-state index in [4.69, 9.17) is 4.55 Å². The van der Waals surface area contributed by atoms with Crippen molar-refractivity contribution >= 4 is 86.2 Å². The summed E-state index contributed by atoms with van der Waals surface area (Å²) in [5, 5.41) is 30.0. The Morgan fingerprint density at radius 1 is 0.596 bits per heavy atom. The summed E-state index contributed by atoms with van der Waals surface area (Å²) in [7, 11) is -13.8. The van der Waals surface area contributed by atoms with Crippen LogP contribution in [0.25, 0.3) is 21.5 Å². The van der Waals surface area contributed by atoms with Gasteiger partial charge in [0, 0.05) is 23.1 Å². The van der Waals surface area contributed by atoms with E-state index in [-0.39, 0.29) is 49.5 Å². The average Bonchev–Trinajstić information content (AvgIpc) is 2.98. The molecule has 0 aliphatic carbocycles. The molecule has 5 N–H and O–H groups in total. The lowest BCUT2D eigenvalue weighted by Gasteiger charge is -2.12. The van der Waals surface area contributed by atoms with Crippen LogP contribution >= 0.6 is 0 Å². The van der Waals surface area contributed by atoms with Crippen LogP contribution in [0, 0.1) is 0 Å². The first kappa shape index (κ1) is 33.2. The molecule has 19 heteroatoms. The number of rotatable bonds is 8. The number of hydrogen-bond acceptors (Lipinski definition) is 12. The van der Waals surface area contributed by atoms with Gasteiger partial charge in [-0.25, -0.2) is 0 Å². The lowest BCUT2D eigenvalue weighted by molar-refractivity contribution is -0.114.